The maximum Gasteiger partial charge on any atom is 0.408 e. The van der Waals surface area contributed by atoms with E-state index in [9.17, 15) is 22.8 Å². The summed E-state index contributed by atoms with van der Waals surface area (Å²) in [5, 5.41) is 2.48. The van der Waals surface area contributed by atoms with Crippen LogP contribution in [-0.2, 0) is 29.1 Å². The van der Waals surface area contributed by atoms with Gasteiger partial charge in [-0.2, -0.15) is 11.8 Å². The van der Waals surface area contributed by atoms with Crippen LogP contribution in [0.25, 0.3) is 0 Å². The molecule has 1 fully saturated rings. The molecular weight excluding hydrogens is 420 g/mol. The minimum atomic E-state index is -4.05. The van der Waals surface area contributed by atoms with E-state index in [1.807, 2.05) is 13.8 Å². The summed E-state index contributed by atoms with van der Waals surface area (Å²) in [5.41, 5.74) is -0.783. The zero-order valence-corrected chi connectivity index (χ0v) is 19.5. The Hall–Kier alpha value is -1.49. The average Bonchev–Trinajstić information content (AvgIpc) is 2.69. The first-order valence-electron chi connectivity index (χ1n) is 9.58. The van der Waals surface area contributed by atoms with Crippen LogP contribution in [-0.4, -0.2) is 72.2 Å². The van der Waals surface area contributed by atoms with Gasteiger partial charge in [0.1, 0.15) is 11.6 Å². The minimum Gasteiger partial charge on any atom is -0.464 e. The lowest BCUT2D eigenvalue weighted by atomic mass is 10.0. The van der Waals surface area contributed by atoms with Crippen molar-refractivity contribution in [1.29, 1.82) is 0 Å². The first-order chi connectivity index (χ1) is 13.3. The number of carbonyl (C=O) groups is 3. The first kappa shape index (κ1) is 25.5. The zero-order chi connectivity index (χ0) is 22.4. The van der Waals surface area contributed by atoms with Crippen LogP contribution in [0.1, 0.15) is 48.0 Å². The summed E-state index contributed by atoms with van der Waals surface area (Å²) < 4.78 is 36.4. The fourth-order valence-corrected chi connectivity index (χ4v) is 5.94. The van der Waals surface area contributed by atoms with Crippen molar-refractivity contribution >= 4 is 39.8 Å². The van der Waals surface area contributed by atoms with E-state index in [-0.39, 0.29) is 36.2 Å². The third-order valence-corrected chi connectivity index (χ3v) is 6.87. The van der Waals surface area contributed by atoms with Crippen LogP contribution in [0.5, 0.6) is 0 Å². The molecule has 1 aliphatic rings. The summed E-state index contributed by atoms with van der Waals surface area (Å²) in [5.74, 6) is -1.57. The number of sulfonamides is 1. The fraction of sp³-hybridized carbons (Fsp3) is 0.833. The number of ether oxygens (including phenoxy) is 2. The Morgan fingerprint density at radius 3 is 2.38 bits per heavy atom. The Bertz CT molecular complexity index is 701. The Morgan fingerprint density at radius 2 is 1.86 bits per heavy atom. The number of amides is 2. The molecule has 1 saturated heterocycles. The van der Waals surface area contributed by atoms with Crippen molar-refractivity contribution in [3.63, 3.8) is 0 Å². The van der Waals surface area contributed by atoms with Crippen LogP contribution < -0.4 is 5.32 Å². The molecule has 0 bridgehead atoms. The van der Waals surface area contributed by atoms with Crippen molar-refractivity contribution in [1.82, 2.24) is 9.62 Å². The SMILES string of the molecule is CCOC(=O)[C@@H]1CSCCS(=O)(=O)N1C(=O)[C@H](CC(C)C)NC(=O)OC(C)(C)C. The monoisotopic (exact) mass is 452 g/mol. The van der Waals surface area contributed by atoms with Crippen LogP contribution in [0.15, 0.2) is 0 Å². The Kier molecular flexibility index (Phi) is 9.26. The van der Waals surface area contributed by atoms with Gasteiger partial charge in [0.05, 0.1) is 12.4 Å². The first-order valence-corrected chi connectivity index (χ1v) is 12.3. The van der Waals surface area contributed by atoms with E-state index in [2.05, 4.69) is 5.32 Å². The second kappa shape index (κ2) is 10.5. The molecule has 29 heavy (non-hydrogen) atoms. The van der Waals surface area contributed by atoms with Crippen molar-refractivity contribution in [2.75, 3.05) is 23.9 Å². The van der Waals surface area contributed by atoms with Crippen molar-refractivity contribution in [2.24, 2.45) is 5.92 Å². The van der Waals surface area contributed by atoms with E-state index in [1.165, 1.54) is 11.8 Å². The van der Waals surface area contributed by atoms with Crippen molar-refractivity contribution in [3.8, 4) is 0 Å². The zero-order valence-electron chi connectivity index (χ0n) is 17.9. The molecule has 9 nitrogen and oxygen atoms in total. The number of hydrogen-bond acceptors (Lipinski definition) is 8. The molecule has 2 amide bonds. The van der Waals surface area contributed by atoms with Crippen LogP contribution in [0, 0.1) is 5.92 Å². The van der Waals surface area contributed by atoms with Gasteiger partial charge >= 0.3 is 12.1 Å². The number of nitrogens with one attached hydrogen (secondary N) is 1. The summed E-state index contributed by atoms with van der Waals surface area (Å²) in [4.78, 5) is 37.9. The normalized spacial score (nSPS) is 20.5. The molecule has 2 atom stereocenters. The fourth-order valence-electron chi connectivity index (χ4n) is 2.71. The van der Waals surface area contributed by atoms with Crippen molar-refractivity contribution < 1.29 is 32.3 Å². The smallest absolute Gasteiger partial charge is 0.408 e. The number of nitrogens with zero attached hydrogens (tertiary/aromatic N) is 1. The van der Waals surface area contributed by atoms with E-state index in [4.69, 9.17) is 9.47 Å². The summed E-state index contributed by atoms with van der Waals surface area (Å²) in [7, 11) is -4.05. The maximum atomic E-state index is 13.3. The van der Waals surface area contributed by atoms with Crippen molar-refractivity contribution in [3.05, 3.63) is 0 Å². The standard InChI is InChI=1S/C18H32N2O7S2/c1-7-26-16(22)14-11-28-8-9-29(24,25)20(14)15(21)13(10-12(2)3)19-17(23)27-18(4,5)6/h12-14H,7-11H2,1-6H3,(H,19,23)/t13-,14-/m0/s1. The highest BCUT2D eigenvalue weighted by Gasteiger charge is 2.44. The van der Waals surface area contributed by atoms with Gasteiger partial charge < -0.3 is 14.8 Å². The van der Waals surface area contributed by atoms with Gasteiger partial charge in [0.2, 0.25) is 10.0 Å². The highest BCUT2D eigenvalue weighted by atomic mass is 32.2. The predicted octanol–water partition coefficient (Wildman–Crippen LogP) is 1.76. The molecule has 0 saturated carbocycles. The lowest BCUT2D eigenvalue weighted by Crippen LogP contribution is -2.57. The molecule has 0 spiro atoms. The molecule has 0 unspecified atom stereocenters. The van der Waals surface area contributed by atoms with E-state index in [0.717, 1.165) is 0 Å². The van der Waals surface area contributed by atoms with Gasteiger partial charge in [-0.1, -0.05) is 13.8 Å². The Balaban J connectivity index is 3.24. The third kappa shape index (κ3) is 8.04. The molecule has 0 aromatic heterocycles. The van der Waals surface area contributed by atoms with Gasteiger partial charge in [-0.15, -0.1) is 0 Å². The molecule has 1 heterocycles. The van der Waals surface area contributed by atoms with Gasteiger partial charge in [0, 0.05) is 11.5 Å². The molecule has 1 aliphatic heterocycles. The second-order valence-corrected chi connectivity index (χ2v) is 11.2. The molecule has 168 valence electrons. The lowest BCUT2D eigenvalue weighted by molar-refractivity contribution is -0.150. The van der Waals surface area contributed by atoms with Gasteiger partial charge in [-0.05, 0) is 40.0 Å². The summed E-state index contributed by atoms with van der Waals surface area (Å²) in [6.07, 6.45) is -0.641. The number of rotatable bonds is 6. The van der Waals surface area contributed by atoms with E-state index < -0.39 is 45.7 Å². The number of esters is 1. The van der Waals surface area contributed by atoms with E-state index in [0.29, 0.717) is 4.31 Å². The number of carbonyl (C=O) groups excluding carboxylic acids is 3. The topological polar surface area (TPSA) is 119 Å². The van der Waals surface area contributed by atoms with Crippen LogP contribution >= 0.6 is 11.8 Å². The van der Waals surface area contributed by atoms with Crippen LogP contribution in [0.3, 0.4) is 0 Å². The van der Waals surface area contributed by atoms with E-state index >= 15 is 0 Å². The predicted molar refractivity (Wildman–Crippen MR) is 111 cm³/mol. The number of alkyl carbamates (subject to hydrolysis) is 1. The third-order valence-electron chi connectivity index (χ3n) is 3.82. The Labute approximate surface area is 177 Å². The van der Waals surface area contributed by atoms with Crippen LogP contribution in [0.4, 0.5) is 4.79 Å². The van der Waals surface area contributed by atoms with Crippen LogP contribution in [0.2, 0.25) is 0 Å². The minimum absolute atomic E-state index is 0.0241. The molecule has 0 radical (unpaired) electrons. The Morgan fingerprint density at radius 1 is 1.24 bits per heavy atom. The largest absolute Gasteiger partial charge is 0.464 e. The molecule has 11 heteroatoms. The maximum absolute atomic E-state index is 13.3. The van der Waals surface area contributed by atoms with Crippen molar-refractivity contribution in [2.45, 2.75) is 65.6 Å². The number of thioether (sulfide) groups is 1. The molecule has 1 rings (SSSR count). The average molecular weight is 453 g/mol. The van der Waals surface area contributed by atoms with E-state index in [1.54, 1.807) is 27.7 Å². The molecule has 0 aliphatic carbocycles. The van der Waals surface area contributed by atoms with Gasteiger partial charge in [-0.3, -0.25) is 4.79 Å². The quantitative estimate of drug-likeness (QED) is 0.606. The van der Waals surface area contributed by atoms with Gasteiger partial charge in [0.25, 0.3) is 5.91 Å². The molecule has 0 aromatic rings. The molecular formula is C18H32N2O7S2. The lowest BCUT2D eigenvalue weighted by Gasteiger charge is -2.31. The summed E-state index contributed by atoms with van der Waals surface area (Å²) in [6.45, 7) is 10.4. The second-order valence-electron chi connectivity index (χ2n) is 8.12. The molecule has 1 N–H and O–H groups in total. The van der Waals surface area contributed by atoms with Gasteiger partial charge in [-0.25, -0.2) is 22.3 Å². The van der Waals surface area contributed by atoms with Gasteiger partial charge in [0.15, 0.2) is 6.04 Å². The molecule has 0 aromatic carbocycles. The highest BCUT2D eigenvalue weighted by molar-refractivity contribution is 8.01. The summed E-state index contributed by atoms with van der Waals surface area (Å²) >= 11 is 1.26. The highest BCUT2D eigenvalue weighted by Crippen LogP contribution is 2.23. The number of hydrogen-bond donors (Lipinski definition) is 1. The summed E-state index contributed by atoms with van der Waals surface area (Å²) in [6, 6.07) is -2.42.